The molecule has 2 aromatic heterocycles. The summed E-state index contributed by atoms with van der Waals surface area (Å²) in [6.07, 6.45) is 3.36. The fourth-order valence-electron chi connectivity index (χ4n) is 2.69. The van der Waals surface area contributed by atoms with Crippen LogP contribution in [0.1, 0.15) is 24.2 Å². The zero-order valence-electron chi connectivity index (χ0n) is 13.0. The SMILES string of the molecule is C[C@@H]1CN(c2nccc(-c3cc(C(=O)O)ccn3)n2)C[C@H](C)O1. The number of nitrogens with zero attached hydrogens (tertiary/aromatic N) is 4. The van der Waals surface area contributed by atoms with Crippen LogP contribution in [0.2, 0.25) is 0 Å². The molecule has 0 bridgehead atoms. The number of morpholine rings is 1. The van der Waals surface area contributed by atoms with Crippen molar-refractivity contribution in [2.24, 2.45) is 0 Å². The highest BCUT2D eigenvalue weighted by molar-refractivity contribution is 5.88. The largest absolute Gasteiger partial charge is 0.478 e. The number of hydrogen-bond donors (Lipinski definition) is 1. The van der Waals surface area contributed by atoms with Crippen molar-refractivity contribution in [1.29, 1.82) is 0 Å². The van der Waals surface area contributed by atoms with Crippen molar-refractivity contribution in [2.75, 3.05) is 18.0 Å². The third kappa shape index (κ3) is 3.45. The molecule has 7 heteroatoms. The highest BCUT2D eigenvalue weighted by Gasteiger charge is 2.24. The van der Waals surface area contributed by atoms with Gasteiger partial charge >= 0.3 is 5.97 Å². The molecule has 1 aliphatic rings. The van der Waals surface area contributed by atoms with Crippen molar-refractivity contribution in [3.63, 3.8) is 0 Å². The monoisotopic (exact) mass is 314 g/mol. The van der Waals surface area contributed by atoms with Crippen molar-refractivity contribution < 1.29 is 14.6 Å². The molecular formula is C16H18N4O3. The third-order valence-corrected chi connectivity index (χ3v) is 3.61. The molecule has 1 N–H and O–H groups in total. The Morgan fingerprint density at radius 3 is 2.57 bits per heavy atom. The summed E-state index contributed by atoms with van der Waals surface area (Å²) in [6.45, 7) is 5.47. The summed E-state index contributed by atoms with van der Waals surface area (Å²) >= 11 is 0. The van der Waals surface area contributed by atoms with Crippen molar-refractivity contribution in [3.05, 3.63) is 36.2 Å². The summed E-state index contributed by atoms with van der Waals surface area (Å²) in [7, 11) is 0. The van der Waals surface area contributed by atoms with Crippen LogP contribution in [0.5, 0.6) is 0 Å². The van der Waals surface area contributed by atoms with Gasteiger partial charge in [-0.2, -0.15) is 0 Å². The molecule has 1 aliphatic heterocycles. The number of carbonyl (C=O) groups is 1. The Hall–Kier alpha value is -2.54. The lowest BCUT2D eigenvalue weighted by Crippen LogP contribution is -2.46. The Bertz CT molecular complexity index is 712. The van der Waals surface area contributed by atoms with Gasteiger partial charge in [0, 0.05) is 25.5 Å². The molecule has 0 aromatic carbocycles. The summed E-state index contributed by atoms with van der Waals surface area (Å²) in [5.41, 5.74) is 1.30. The van der Waals surface area contributed by atoms with Crippen LogP contribution in [0, 0.1) is 0 Å². The van der Waals surface area contributed by atoms with E-state index in [-0.39, 0.29) is 17.8 Å². The molecule has 0 unspecified atom stereocenters. The first-order chi connectivity index (χ1) is 11.0. The summed E-state index contributed by atoms with van der Waals surface area (Å²) in [5, 5.41) is 9.09. The van der Waals surface area contributed by atoms with Crippen LogP contribution in [0.15, 0.2) is 30.6 Å². The number of ether oxygens (including phenoxy) is 1. The number of carboxylic acid groups (broad SMARTS) is 1. The Morgan fingerprint density at radius 2 is 1.87 bits per heavy atom. The Balaban J connectivity index is 1.91. The van der Waals surface area contributed by atoms with E-state index in [9.17, 15) is 4.79 Å². The van der Waals surface area contributed by atoms with E-state index in [1.54, 1.807) is 12.3 Å². The fraction of sp³-hybridized carbons (Fsp3) is 0.375. The van der Waals surface area contributed by atoms with Gasteiger partial charge in [0.2, 0.25) is 5.95 Å². The summed E-state index contributed by atoms with van der Waals surface area (Å²) in [4.78, 5) is 26.2. The predicted octanol–water partition coefficient (Wildman–Crippen LogP) is 1.85. The second kappa shape index (κ2) is 6.29. The average molecular weight is 314 g/mol. The number of anilines is 1. The van der Waals surface area contributed by atoms with Gasteiger partial charge in [0.1, 0.15) is 0 Å². The van der Waals surface area contributed by atoms with Gasteiger partial charge in [-0.3, -0.25) is 4.98 Å². The maximum atomic E-state index is 11.1. The topological polar surface area (TPSA) is 88.4 Å². The first-order valence-corrected chi connectivity index (χ1v) is 7.46. The van der Waals surface area contributed by atoms with Crippen LogP contribution < -0.4 is 4.90 Å². The van der Waals surface area contributed by atoms with E-state index in [1.807, 2.05) is 13.8 Å². The molecule has 7 nitrogen and oxygen atoms in total. The maximum Gasteiger partial charge on any atom is 0.335 e. The minimum atomic E-state index is -0.987. The normalized spacial score (nSPS) is 21.2. The molecule has 0 aliphatic carbocycles. The van der Waals surface area contributed by atoms with Gasteiger partial charge in [0.15, 0.2) is 0 Å². The maximum absolute atomic E-state index is 11.1. The minimum Gasteiger partial charge on any atom is -0.478 e. The minimum absolute atomic E-state index is 0.111. The molecular weight excluding hydrogens is 296 g/mol. The van der Waals surface area contributed by atoms with Gasteiger partial charge < -0.3 is 14.7 Å². The highest BCUT2D eigenvalue weighted by atomic mass is 16.5. The molecule has 0 spiro atoms. The number of pyridine rings is 1. The summed E-state index contributed by atoms with van der Waals surface area (Å²) in [5.74, 6) is -0.384. The van der Waals surface area contributed by atoms with E-state index >= 15 is 0 Å². The Labute approximate surface area is 134 Å². The number of rotatable bonds is 3. The first-order valence-electron chi connectivity index (χ1n) is 7.46. The van der Waals surface area contributed by atoms with Crippen molar-refractivity contribution in [3.8, 4) is 11.4 Å². The Kier molecular flexibility index (Phi) is 4.20. The van der Waals surface area contributed by atoms with Crippen molar-refractivity contribution >= 4 is 11.9 Å². The van der Waals surface area contributed by atoms with Gasteiger partial charge in [-0.25, -0.2) is 14.8 Å². The number of carboxylic acids is 1. The molecule has 3 heterocycles. The molecule has 1 fully saturated rings. The van der Waals surface area contributed by atoms with Crippen LogP contribution >= 0.6 is 0 Å². The number of hydrogen-bond acceptors (Lipinski definition) is 6. The van der Waals surface area contributed by atoms with Gasteiger partial charge in [0.25, 0.3) is 0 Å². The second-order valence-electron chi connectivity index (χ2n) is 5.64. The standard InChI is InChI=1S/C16H18N4O3/c1-10-8-20(9-11(2)23-10)16-18-6-4-13(19-16)14-7-12(15(21)22)3-5-17-14/h3-7,10-11H,8-9H2,1-2H3,(H,21,22)/t10-,11+. The third-order valence-electron chi connectivity index (χ3n) is 3.61. The average Bonchev–Trinajstić information content (AvgIpc) is 2.54. The smallest absolute Gasteiger partial charge is 0.335 e. The lowest BCUT2D eigenvalue weighted by Gasteiger charge is -2.35. The Morgan fingerprint density at radius 1 is 1.17 bits per heavy atom. The molecule has 1 saturated heterocycles. The van der Waals surface area contributed by atoms with Crippen LogP contribution in [0.3, 0.4) is 0 Å². The quantitative estimate of drug-likeness (QED) is 0.924. The van der Waals surface area contributed by atoms with E-state index in [0.29, 0.717) is 17.3 Å². The van der Waals surface area contributed by atoms with E-state index in [1.165, 1.54) is 18.3 Å². The number of aromatic carboxylic acids is 1. The highest BCUT2D eigenvalue weighted by Crippen LogP contribution is 2.20. The van der Waals surface area contributed by atoms with Gasteiger partial charge in [-0.1, -0.05) is 0 Å². The van der Waals surface area contributed by atoms with Crippen LogP contribution in [-0.2, 0) is 4.74 Å². The molecule has 120 valence electrons. The molecule has 2 atom stereocenters. The van der Waals surface area contributed by atoms with Crippen molar-refractivity contribution in [1.82, 2.24) is 15.0 Å². The van der Waals surface area contributed by atoms with Crippen molar-refractivity contribution in [2.45, 2.75) is 26.1 Å². The van der Waals surface area contributed by atoms with E-state index in [4.69, 9.17) is 9.84 Å². The van der Waals surface area contributed by atoms with Crippen LogP contribution in [-0.4, -0.2) is 51.3 Å². The zero-order valence-corrected chi connectivity index (χ0v) is 13.0. The fourth-order valence-corrected chi connectivity index (χ4v) is 2.69. The van der Waals surface area contributed by atoms with Crippen LogP contribution in [0.4, 0.5) is 5.95 Å². The predicted molar refractivity (Wildman–Crippen MR) is 84.4 cm³/mol. The van der Waals surface area contributed by atoms with Gasteiger partial charge in [0.05, 0.1) is 29.2 Å². The summed E-state index contributed by atoms with van der Waals surface area (Å²) in [6, 6.07) is 4.70. The van der Waals surface area contributed by atoms with Crippen LogP contribution in [0.25, 0.3) is 11.4 Å². The first kappa shape index (κ1) is 15.4. The van der Waals surface area contributed by atoms with Gasteiger partial charge in [-0.05, 0) is 32.0 Å². The lowest BCUT2D eigenvalue weighted by molar-refractivity contribution is -0.00571. The molecule has 0 amide bonds. The summed E-state index contributed by atoms with van der Waals surface area (Å²) < 4.78 is 5.72. The lowest BCUT2D eigenvalue weighted by atomic mass is 10.2. The van der Waals surface area contributed by atoms with E-state index < -0.39 is 5.97 Å². The molecule has 23 heavy (non-hydrogen) atoms. The molecule has 0 saturated carbocycles. The van der Waals surface area contributed by atoms with E-state index in [0.717, 1.165) is 13.1 Å². The molecule has 2 aromatic rings. The number of aromatic nitrogens is 3. The molecule has 3 rings (SSSR count). The second-order valence-corrected chi connectivity index (χ2v) is 5.64. The van der Waals surface area contributed by atoms with Gasteiger partial charge in [-0.15, -0.1) is 0 Å². The molecule has 0 radical (unpaired) electrons. The zero-order chi connectivity index (χ0) is 16.4. The van der Waals surface area contributed by atoms with E-state index in [2.05, 4.69) is 19.9 Å².